The van der Waals surface area contributed by atoms with Gasteiger partial charge in [-0.25, -0.2) is 0 Å². The van der Waals surface area contributed by atoms with Gasteiger partial charge in [0.2, 0.25) is 0 Å². The van der Waals surface area contributed by atoms with E-state index < -0.39 is 10.1 Å². The van der Waals surface area contributed by atoms with E-state index in [1.165, 1.54) is 0 Å². The first-order chi connectivity index (χ1) is 8.96. The summed E-state index contributed by atoms with van der Waals surface area (Å²) in [6.45, 7) is 3.79. The molecule has 3 nitrogen and oxygen atoms in total. The Kier molecular flexibility index (Phi) is 3.90. The lowest BCUT2D eigenvalue weighted by molar-refractivity contribution is 0.483. The lowest BCUT2D eigenvalue weighted by atomic mass is 10.1. The summed E-state index contributed by atoms with van der Waals surface area (Å²) in [6, 6.07) is 14.4. The summed E-state index contributed by atoms with van der Waals surface area (Å²) in [5.74, 6) is 0.266. The van der Waals surface area contributed by atoms with Gasteiger partial charge in [0, 0.05) is 0 Å². The Morgan fingerprint density at radius 3 is 2.32 bits per heavy atom. The molecule has 2 aromatic rings. The Bertz CT molecular complexity index is 661. The van der Waals surface area contributed by atoms with Gasteiger partial charge in [0.15, 0.2) is 0 Å². The molecule has 0 saturated heterocycles. The Balaban J connectivity index is 2.17. The van der Waals surface area contributed by atoms with Crippen molar-refractivity contribution in [1.82, 2.24) is 0 Å². The van der Waals surface area contributed by atoms with E-state index in [0.29, 0.717) is 11.3 Å². The monoisotopic (exact) mass is 276 g/mol. The largest absolute Gasteiger partial charge is 0.382 e. The summed E-state index contributed by atoms with van der Waals surface area (Å²) < 4.78 is 29.1. The SMILES string of the molecule is Cc1ccc(OS(=O)(=O)Cc2ccccc2)c(C)c1. The molecule has 0 atom stereocenters. The van der Waals surface area contributed by atoms with Gasteiger partial charge in [0.1, 0.15) is 11.5 Å². The van der Waals surface area contributed by atoms with Crippen LogP contribution in [0.25, 0.3) is 0 Å². The van der Waals surface area contributed by atoms with Crippen molar-refractivity contribution in [2.75, 3.05) is 0 Å². The Hall–Kier alpha value is -1.81. The third kappa shape index (κ3) is 3.83. The van der Waals surface area contributed by atoms with Gasteiger partial charge < -0.3 is 4.18 Å². The molecule has 0 fully saturated rings. The third-order valence-electron chi connectivity index (χ3n) is 2.73. The molecule has 0 aliphatic rings. The smallest absolute Gasteiger partial charge is 0.313 e. The van der Waals surface area contributed by atoms with Crippen LogP contribution in [0.2, 0.25) is 0 Å². The summed E-state index contributed by atoms with van der Waals surface area (Å²) in [6.07, 6.45) is 0. The fourth-order valence-electron chi connectivity index (χ4n) is 1.84. The molecule has 2 aromatic carbocycles. The van der Waals surface area contributed by atoms with Crippen LogP contribution in [0, 0.1) is 13.8 Å². The quantitative estimate of drug-likeness (QED) is 0.805. The van der Waals surface area contributed by atoms with Gasteiger partial charge in [-0.1, -0.05) is 48.0 Å². The normalized spacial score (nSPS) is 11.3. The molecule has 0 bridgehead atoms. The van der Waals surface area contributed by atoms with Gasteiger partial charge in [-0.05, 0) is 31.0 Å². The van der Waals surface area contributed by atoms with Crippen LogP contribution in [0.3, 0.4) is 0 Å². The van der Waals surface area contributed by atoms with E-state index in [-0.39, 0.29) is 5.75 Å². The number of aryl methyl sites for hydroxylation is 2. The maximum absolute atomic E-state index is 12.0. The average molecular weight is 276 g/mol. The Labute approximate surface area is 114 Å². The standard InChI is InChI=1S/C15H16O3S/c1-12-8-9-15(13(2)10-12)18-19(16,17)11-14-6-4-3-5-7-14/h3-10H,11H2,1-2H3. The van der Waals surface area contributed by atoms with Gasteiger partial charge in [0.05, 0.1) is 0 Å². The highest BCUT2D eigenvalue weighted by atomic mass is 32.2. The summed E-state index contributed by atoms with van der Waals surface area (Å²) in [4.78, 5) is 0. The zero-order valence-electron chi connectivity index (χ0n) is 11.0. The third-order valence-corrected chi connectivity index (χ3v) is 3.85. The van der Waals surface area contributed by atoms with E-state index in [1.54, 1.807) is 18.2 Å². The molecular weight excluding hydrogens is 260 g/mol. The Morgan fingerprint density at radius 1 is 1.00 bits per heavy atom. The molecular formula is C15H16O3S. The van der Waals surface area contributed by atoms with Gasteiger partial charge in [-0.2, -0.15) is 8.42 Å². The van der Waals surface area contributed by atoms with Crippen molar-refractivity contribution in [2.24, 2.45) is 0 Å². The number of benzene rings is 2. The van der Waals surface area contributed by atoms with Gasteiger partial charge >= 0.3 is 10.1 Å². The van der Waals surface area contributed by atoms with Gasteiger partial charge in [0.25, 0.3) is 0 Å². The van der Waals surface area contributed by atoms with Crippen molar-refractivity contribution >= 4 is 10.1 Å². The molecule has 0 aromatic heterocycles. The van der Waals surface area contributed by atoms with Crippen molar-refractivity contribution in [1.29, 1.82) is 0 Å². The van der Waals surface area contributed by atoms with Crippen molar-refractivity contribution in [3.8, 4) is 5.75 Å². The maximum Gasteiger partial charge on any atom is 0.313 e. The minimum atomic E-state index is -3.62. The van der Waals surface area contributed by atoms with Crippen LogP contribution in [0.4, 0.5) is 0 Å². The lowest BCUT2D eigenvalue weighted by Crippen LogP contribution is -2.12. The molecule has 0 radical (unpaired) electrons. The van der Waals surface area contributed by atoms with E-state index in [4.69, 9.17) is 4.18 Å². The van der Waals surface area contributed by atoms with E-state index in [9.17, 15) is 8.42 Å². The van der Waals surface area contributed by atoms with Crippen molar-refractivity contribution < 1.29 is 12.6 Å². The van der Waals surface area contributed by atoms with E-state index in [2.05, 4.69) is 0 Å². The highest BCUT2D eigenvalue weighted by Gasteiger charge is 2.15. The van der Waals surface area contributed by atoms with E-state index in [0.717, 1.165) is 11.1 Å². The highest BCUT2D eigenvalue weighted by Crippen LogP contribution is 2.21. The van der Waals surface area contributed by atoms with E-state index >= 15 is 0 Å². The van der Waals surface area contributed by atoms with Gasteiger partial charge in [-0.15, -0.1) is 0 Å². The zero-order chi connectivity index (χ0) is 13.9. The first-order valence-corrected chi connectivity index (χ1v) is 7.57. The second kappa shape index (κ2) is 5.45. The molecule has 4 heteroatoms. The van der Waals surface area contributed by atoms with Crippen LogP contribution in [0.15, 0.2) is 48.5 Å². The molecule has 0 N–H and O–H groups in total. The number of rotatable bonds is 4. The minimum Gasteiger partial charge on any atom is -0.382 e. The predicted molar refractivity (Wildman–Crippen MR) is 75.6 cm³/mol. The zero-order valence-corrected chi connectivity index (χ0v) is 11.8. The van der Waals surface area contributed by atoms with Crippen LogP contribution < -0.4 is 4.18 Å². The minimum absolute atomic E-state index is 0.124. The summed E-state index contributed by atoms with van der Waals surface area (Å²) in [5, 5.41) is 0. The highest BCUT2D eigenvalue weighted by molar-refractivity contribution is 7.86. The summed E-state index contributed by atoms with van der Waals surface area (Å²) in [7, 11) is -3.62. The molecule has 0 heterocycles. The lowest BCUT2D eigenvalue weighted by Gasteiger charge is -2.10. The molecule has 0 aliphatic heterocycles. The van der Waals surface area contributed by atoms with Crippen LogP contribution in [0.5, 0.6) is 5.75 Å². The van der Waals surface area contributed by atoms with Gasteiger partial charge in [-0.3, -0.25) is 0 Å². The molecule has 0 spiro atoms. The van der Waals surface area contributed by atoms with Crippen molar-refractivity contribution in [3.05, 3.63) is 65.2 Å². The predicted octanol–water partition coefficient (Wildman–Crippen LogP) is 3.21. The molecule has 2 rings (SSSR count). The first-order valence-electron chi connectivity index (χ1n) is 6.00. The number of hydrogen-bond donors (Lipinski definition) is 0. The summed E-state index contributed by atoms with van der Waals surface area (Å²) in [5.41, 5.74) is 2.61. The number of hydrogen-bond acceptors (Lipinski definition) is 3. The molecule has 0 amide bonds. The maximum atomic E-state index is 12.0. The molecule has 19 heavy (non-hydrogen) atoms. The molecule has 0 saturated carbocycles. The van der Waals surface area contributed by atoms with Crippen molar-refractivity contribution in [2.45, 2.75) is 19.6 Å². The topological polar surface area (TPSA) is 43.4 Å². The molecule has 0 unspecified atom stereocenters. The second-order valence-corrected chi connectivity index (χ2v) is 6.11. The fraction of sp³-hybridized carbons (Fsp3) is 0.200. The Morgan fingerprint density at radius 2 is 1.68 bits per heavy atom. The fourth-order valence-corrected chi connectivity index (χ4v) is 2.96. The van der Waals surface area contributed by atoms with Crippen LogP contribution >= 0.6 is 0 Å². The molecule has 0 aliphatic carbocycles. The second-order valence-electron chi connectivity index (χ2n) is 4.54. The van der Waals surface area contributed by atoms with Crippen LogP contribution in [-0.4, -0.2) is 8.42 Å². The van der Waals surface area contributed by atoms with E-state index in [1.807, 2.05) is 44.2 Å². The average Bonchev–Trinajstić information content (AvgIpc) is 2.33. The molecule has 100 valence electrons. The van der Waals surface area contributed by atoms with Crippen LogP contribution in [0.1, 0.15) is 16.7 Å². The van der Waals surface area contributed by atoms with Crippen molar-refractivity contribution in [3.63, 3.8) is 0 Å². The first kappa shape index (κ1) is 13.6. The van der Waals surface area contributed by atoms with Crippen LogP contribution in [-0.2, 0) is 15.9 Å². The summed E-state index contributed by atoms with van der Waals surface area (Å²) >= 11 is 0.